The first-order chi connectivity index (χ1) is 13.4. The zero-order valence-electron chi connectivity index (χ0n) is 15.8. The fourth-order valence-electron chi connectivity index (χ4n) is 2.37. The molecule has 0 fully saturated rings. The van der Waals surface area contributed by atoms with Crippen LogP contribution in [0.25, 0.3) is 0 Å². The van der Waals surface area contributed by atoms with Crippen molar-refractivity contribution in [1.82, 2.24) is 5.43 Å². The van der Waals surface area contributed by atoms with E-state index in [1.54, 1.807) is 19.1 Å². The minimum Gasteiger partial charge on any atom is -0.493 e. The zero-order valence-corrected chi connectivity index (χ0v) is 15.8. The third kappa shape index (κ3) is 5.09. The van der Waals surface area contributed by atoms with Crippen LogP contribution in [0, 0.1) is 0 Å². The minimum atomic E-state index is -2.92. The van der Waals surface area contributed by atoms with Gasteiger partial charge in [0, 0.05) is 11.1 Å². The summed E-state index contributed by atoms with van der Waals surface area (Å²) in [5.74, 6) is 0.489. The number of carbonyl (C=O) groups excluding carboxylic acids is 1. The van der Waals surface area contributed by atoms with Gasteiger partial charge < -0.3 is 18.9 Å². The fraction of sp³-hybridized carbons (Fsp3) is 0.263. The zero-order chi connectivity index (χ0) is 20.7. The standard InChI is InChI=1S/C19H20F2N2O5/c1-11(12-6-5-7-14(8-12)28-19(20)21)22-23-18(24)13-9-15(25-2)17(27-4)16(10-13)26-3/h5-10,19H,1-4H3,(H,23,24)/b22-11-. The van der Waals surface area contributed by atoms with Gasteiger partial charge in [-0.05, 0) is 31.2 Å². The Morgan fingerprint density at radius 2 is 1.64 bits per heavy atom. The molecule has 1 N–H and O–H groups in total. The quantitative estimate of drug-likeness (QED) is 0.548. The van der Waals surface area contributed by atoms with Crippen molar-refractivity contribution in [2.75, 3.05) is 21.3 Å². The highest BCUT2D eigenvalue weighted by Gasteiger charge is 2.17. The van der Waals surface area contributed by atoms with Crippen LogP contribution in [-0.4, -0.2) is 39.6 Å². The maximum absolute atomic E-state index is 12.4. The van der Waals surface area contributed by atoms with E-state index in [2.05, 4.69) is 15.3 Å². The van der Waals surface area contributed by atoms with Crippen LogP contribution in [0.2, 0.25) is 0 Å². The molecular formula is C19H20F2N2O5. The van der Waals surface area contributed by atoms with Crippen LogP contribution in [0.1, 0.15) is 22.8 Å². The maximum Gasteiger partial charge on any atom is 0.387 e. The lowest BCUT2D eigenvalue weighted by Crippen LogP contribution is -2.19. The Labute approximate surface area is 160 Å². The summed E-state index contributed by atoms with van der Waals surface area (Å²) in [4.78, 5) is 12.4. The molecule has 2 aromatic carbocycles. The van der Waals surface area contributed by atoms with E-state index < -0.39 is 12.5 Å². The van der Waals surface area contributed by atoms with Gasteiger partial charge in [-0.2, -0.15) is 13.9 Å². The summed E-state index contributed by atoms with van der Waals surface area (Å²) >= 11 is 0. The van der Waals surface area contributed by atoms with Crippen LogP contribution >= 0.6 is 0 Å². The van der Waals surface area contributed by atoms with Crippen LogP contribution in [0.3, 0.4) is 0 Å². The molecule has 0 aromatic heterocycles. The van der Waals surface area contributed by atoms with Crippen molar-refractivity contribution in [3.63, 3.8) is 0 Å². The van der Waals surface area contributed by atoms with E-state index in [1.807, 2.05) is 0 Å². The number of benzene rings is 2. The fourth-order valence-corrected chi connectivity index (χ4v) is 2.37. The molecule has 2 rings (SSSR count). The van der Waals surface area contributed by atoms with Gasteiger partial charge in [0.25, 0.3) is 5.91 Å². The molecule has 0 saturated carbocycles. The lowest BCUT2D eigenvalue weighted by molar-refractivity contribution is -0.0498. The number of rotatable bonds is 8. The Kier molecular flexibility index (Phi) is 7.14. The molecule has 28 heavy (non-hydrogen) atoms. The number of hydrazone groups is 1. The molecule has 0 aliphatic rings. The lowest BCUT2D eigenvalue weighted by atomic mass is 10.1. The predicted octanol–water partition coefficient (Wildman–Crippen LogP) is 3.47. The minimum absolute atomic E-state index is 0.00185. The first-order valence-electron chi connectivity index (χ1n) is 8.09. The van der Waals surface area contributed by atoms with Gasteiger partial charge in [-0.1, -0.05) is 12.1 Å². The van der Waals surface area contributed by atoms with Crippen molar-refractivity contribution in [2.24, 2.45) is 5.10 Å². The second-order valence-corrected chi connectivity index (χ2v) is 5.46. The molecule has 0 atom stereocenters. The van der Waals surface area contributed by atoms with E-state index in [4.69, 9.17) is 14.2 Å². The first kappa shape index (κ1) is 20.9. The van der Waals surface area contributed by atoms with Crippen molar-refractivity contribution in [3.8, 4) is 23.0 Å². The molecule has 0 saturated heterocycles. The van der Waals surface area contributed by atoms with Gasteiger partial charge in [-0.15, -0.1) is 0 Å². The molecule has 0 unspecified atom stereocenters. The maximum atomic E-state index is 12.4. The number of hydrogen-bond acceptors (Lipinski definition) is 6. The monoisotopic (exact) mass is 394 g/mol. The second kappa shape index (κ2) is 9.54. The van der Waals surface area contributed by atoms with Crippen molar-refractivity contribution in [2.45, 2.75) is 13.5 Å². The number of nitrogens with one attached hydrogen (secondary N) is 1. The average molecular weight is 394 g/mol. The summed E-state index contributed by atoms with van der Waals surface area (Å²) < 4.78 is 44.7. The molecule has 7 nitrogen and oxygen atoms in total. The molecule has 150 valence electrons. The largest absolute Gasteiger partial charge is 0.493 e. The SMILES string of the molecule is COc1cc(C(=O)N/N=C(/C)c2cccc(OC(F)F)c2)cc(OC)c1OC. The van der Waals surface area contributed by atoms with Gasteiger partial charge in [0.1, 0.15) is 5.75 Å². The van der Waals surface area contributed by atoms with Gasteiger partial charge in [0.2, 0.25) is 5.75 Å². The number of halogens is 2. The van der Waals surface area contributed by atoms with E-state index in [1.165, 1.54) is 45.6 Å². The predicted molar refractivity (Wildman–Crippen MR) is 98.8 cm³/mol. The second-order valence-electron chi connectivity index (χ2n) is 5.46. The molecule has 0 spiro atoms. The van der Waals surface area contributed by atoms with Gasteiger partial charge in [0.05, 0.1) is 27.0 Å². The molecular weight excluding hydrogens is 374 g/mol. The van der Waals surface area contributed by atoms with Gasteiger partial charge in [0.15, 0.2) is 11.5 Å². The molecule has 1 amide bonds. The van der Waals surface area contributed by atoms with E-state index in [0.29, 0.717) is 28.5 Å². The number of alkyl halides is 2. The summed E-state index contributed by atoms with van der Waals surface area (Å²) in [7, 11) is 4.34. The topological polar surface area (TPSA) is 78.4 Å². The number of nitrogens with zero attached hydrogens (tertiary/aromatic N) is 1. The van der Waals surface area contributed by atoms with Crippen LogP contribution in [-0.2, 0) is 0 Å². The Bertz CT molecular complexity index is 846. The Morgan fingerprint density at radius 3 is 2.18 bits per heavy atom. The summed E-state index contributed by atoms with van der Waals surface area (Å²) in [6.07, 6.45) is 0. The smallest absolute Gasteiger partial charge is 0.387 e. The molecule has 9 heteroatoms. The van der Waals surface area contributed by atoms with E-state index in [-0.39, 0.29) is 11.3 Å². The van der Waals surface area contributed by atoms with Gasteiger partial charge in [-0.3, -0.25) is 4.79 Å². The van der Waals surface area contributed by atoms with Crippen LogP contribution in [0.4, 0.5) is 8.78 Å². The highest BCUT2D eigenvalue weighted by atomic mass is 19.3. The van der Waals surface area contributed by atoms with Gasteiger partial charge >= 0.3 is 6.61 Å². The summed E-state index contributed by atoms with van der Waals surface area (Å²) in [6, 6.07) is 8.97. The summed E-state index contributed by atoms with van der Waals surface area (Å²) in [5, 5.41) is 4.01. The van der Waals surface area contributed by atoms with Crippen molar-refractivity contribution >= 4 is 11.6 Å². The highest BCUT2D eigenvalue weighted by molar-refractivity contribution is 6.01. The highest BCUT2D eigenvalue weighted by Crippen LogP contribution is 2.38. The number of ether oxygens (including phenoxy) is 4. The number of methoxy groups -OCH3 is 3. The summed E-state index contributed by atoms with van der Waals surface area (Å²) in [5.41, 5.74) is 3.56. The normalized spacial score (nSPS) is 11.2. The molecule has 0 bridgehead atoms. The molecule has 2 aromatic rings. The Balaban J connectivity index is 2.21. The van der Waals surface area contributed by atoms with E-state index in [0.717, 1.165) is 0 Å². The Hall–Kier alpha value is -3.36. The molecule has 0 aliphatic heterocycles. The summed E-state index contributed by atoms with van der Waals surface area (Å²) in [6.45, 7) is -1.30. The van der Waals surface area contributed by atoms with Crippen molar-refractivity contribution < 1.29 is 32.5 Å². The third-order valence-corrected chi connectivity index (χ3v) is 3.73. The van der Waals surface area contributed by atoms with Crippen LogP contribution < -0.4 is 24.4 Å². The lowest BCUT2D eigenvalue weighted by Gasteiger charge is -2.13. The molecule has 0 heterocycles. The van der Waals surface area contributed by atoms with Crippen LogP contribution in [0.5, 0.6) is 23.0 Å². The number of amides is 1. The van der Waals surface area contributed by atoms with Crippen molar-refractivity contribution in [1.29, 1.82) is 0 Å². The Morgan fingerprint density at radius 1 is 1.00 bits per heavy atom. The van der Waals surface area contributed by atoms with E-state index in [9.17, 15) is 13.6 Å². The third-order valence-electron chi connectivity index (χ3n) is 3.73. The van der Waals surface area contributed by atoms with E-state index >= 15 is 0 Å². The van der Waals surface area contributed by atoms with Crippen LogP contribution in [0.15, 0.2) is 41.5 Å². The van der Waals surface area contributed by atoms with Gasteiger partial charge in [-0.25, -0.2) is 5.43 Å². The number of hydrogen-bond donors (Lipinski definition) is 1. The number of carbonyl (C=O) groups is 1. The average Bonchev–Trinajstić information content (AvgIpc) is 2.70. The first-order valence-corrected chi connectivity index (χ1v) is 8.09. The molecule has 0 radical (unpaired) electrons. The molecule has 0 aliphatic carbocycles. The van der Waals surface area contributed by atoms with Crippen molar-refractivity contribution in [3.05, 3.63) is 47.5 Å².